The van der Waals surface area contributed by atoms with Crippen molar-refractivity contribution in [3.8, 4) is 5.69 Å². The van der Waals surface area contributed by atoms with Gasteiger partial charge in [-0.05, 0) is 37.3 Å². The van der Waals surface area contributed by atoms with Crippen LogP contribution in [0.3, 0.4) is 0 Å². The number of aromatic nitrogens is 4. The third-order valence-corrected chi connectivity index (χ3v) is 4.04. The maximum atomic E-state index is 12.7. The van der Waals surface area contributed by atoms with Crippen LogP contribution >= 0.6 is 0 Å². The minimum atomic E-state index is -0.240. The zero-order valence-corrected chi connectivity index (χ0v) is 14.0. The Morgan fingerprint density at radius 3 is 2.48 bits per heavy atom. The van der Waals surface area contributed by atoms with E-state index in [9.17, 15) is 4.79 Å². The molecule has 6 nitrogen and oxygen atoms in total. The van der Waals surface area contributed by atoms with Gasteiger partial charge in [-0.3, -0.25) is 19.4 Å². The zero-order chi connectivity index (χ0) is 17.4. The van der Waals surface area contributed by atoms with Gasteiger partial charge in [0.05, 0.1) is 16.7 Å². The van der Waals surface area contributed by atoms with Gasteiger partial charge in [-0.1, -0.05) is 30.3 Å². The molecule has 0 radical (unpaired) electrons. The van der Waals surface area contributed by atoms with Crippen molar-refractivity contribution in [1.82, 2.24) is 19.3 Å². The van der Waals surface area contributed by atoms with Crippen molar-refractivity contribution in [2.45, 2.75) is 6.92 Å². The largest absolute Gasteiger partial charge is 0.290 e. The van der Waals surface area contributed by atoms with Crippen LogP contribution in [0.4, 0.5) is 5.95 Å². The number of imidazole rings is 1. The molecule has 0 aliphatic carbocycles. The fraction of sp³-hybridized carbons (Fsp3) is 0.105. The van der Waals surface area contributed by atoms with Crippen LogP contribution in [0.1, 0.15) is 16.2 Å². The monoisotopic (exact) mass is 331 g/mol. The van der Waals surface area contributed by atoms with Crippen LogP contribution in [0.2, 0.25) is 0 Å². The lowest BCUT2D eigenvalue weighted by Gasteiger charge is -2.10. The number of nitrogens with zero attached hydrogens (tertiary/aromatic N) is 4. The van der Waals surface area contributed by atoms with Gasteiger partial charge in [0, 0.05) is 12.7 Å². The molecule has 4 rings (SSSR count). The Morgan fingerprint density at radius 1 is 1.04 bits per heavy atom. The van der Waals surface area contributed by atoms with Crippen LogP contribution in [-0.4, -0.2) is 25.2 Å². The highest BCUT2D eigenvalue weighted by Gasteiger charge is 2.17. The van der Waals surface area contributed by atoms with Gasteiger partial charge in [-0.2, -0.15) is 5.10 Å². The average molecular weight is 331 g/mol. The molecule has 124 valence electrons. The van der Waals surface area contributed by atoms with Gasteiger partial charge in [0.15, 0.2) is 0 Å². The number of benzene rings is 2. The molecule has 0 aliphatic heterocycles. The first-order chi connectivity index (χ1) is 12.1. The highest BCUT2D eigenvalue weighted by atomic mass is 16.2. The Morgan fingerprint density at radius 2 is 1.76 bits per heavy atom. The molecule has 4 aromatic rings. The first-order valence-electron chi connectivity index (χ1n) is 7.98. The van der Waals surface area contributed by atoms with Gasteiger partial charge in [-0.25, -0.2) is 4.98 Å². The van der Waals surface area contributed by atoms with Gasteiger partial charge < -0.3 is 0 Å². The molecule has 0 bridgehead atoms. The lowest BCUT2D eigenvalue weighted by molar-refractivity contribution is 0.101. The number of carbonyl (C=O) groups is 1. The quantitative estimate of drug-likeness (QED) is 0.626. The zero-order valence-electron chi connectivity index (χ0n) is 14.0. The number of amides is 1. The van der Waals surface area contributed by atoms with E-state index in [-0.39, 0.29) is 5.91 Å². The summed E-state index contributed by atoms with van der Waals surface area (Å²) in [6, 6.07) is 19.4. The number of para-hydroxylation sites is 3. The Labute approximate surface area is 144 Å². The second-order valence-corrected chi connectivity index (χ2v) is 5.84. The maximum Gasteiger partial charge on any atom is 0.276 e. The summed E-state index contributed by atoms with van der Waals surface area (Å²) in [5, 5.41) is 7.15. The first kappa shape index (κ1) is 15.1. The molecular weight excluding hydrogens is 314 g/mol. The molecule has 0 unspecified atom stereocenters. The summed E-state index contributed by atoms with van der Waals surface area (Å²) in [5.74, 6) is 0.242. The lowest BCUT2D eigenvalue weighted by atomic mass is 10.3. The molecule has 0 fully saturated rings. The molecular formula is C19H17N5O. The predicted octanol–water partition coefficient (Wildman–Crippen LogP) is 3.32. The van der Waals surface area contributed by atoms with Gasteiger partial charge in [0.1, 0.15) is 5.69 Å². The van der Waals surface area contributed by atoms with E-state index >= 15 is 0 Å². The van der Waals surface area contributed by atoms with Gasteiger partial charge in [-0.15, -0.1) is 0 Å². The number of fused-ring (bicyclic) bond motifs is 1. The maximum absolute atomic E-state index is 12.7. The number of anilines is 1. The Kier molecular flexibility index (Phi) is 3.57. The minimum Gasteiger partial charge on any atom is -0.290 e. The Hall–Kier alpha value is -3.41. The Bertz CT molecular complexity index is 1060. The van der Waals surface area contributed by atoms with Crippen molar-refractivity contribution in [2.75, 3.05) is 5.32 Å². The fourth-order valence-electron chi connectivity index (χ4n) is 2.94. The molecule has 0 saturated heterocycles. The standard InChI is InChI=1S/C19H17N5O/c1-13-12-17(23(2)22-13)18(25)21-19-20-15-10-6-7-11-16(15)24(19)14-8-4-3-5-9-14/h3-12H,1-2H3,(H,20,21,25). The average Bonchev–Trinajstić information content (AvgIpc) is 3.14. The molecule has 0 spiro atoms. The number of carbonyl (C=O) groups excluding carboxylic acids is 1. The van der Waals surface area contributed by atoms with Gasteiger partial charge in [0.2, 0.25) is 5.95 Å². The summed E-state index contributed by atoms with van der Waals surface area (Å²) in [7, 11) is 1.75. The lowest BCUT2D eigenvalue weighted by Crippen LogP contribution is -2.18. The number of hydrogen-bond donors (Lipinski definition) is 1. The van der Waals surface area contributed by atoms with Gasteiger partial charge in [0.25, 0.3) is 5.91 Å². The molecule has 0 saturated carbocycles. The van der Waals surface area contributed by atoms with E-state index in [4.69, 9.17) is 0 Å². The fourth-order valence-corrected chi connectivity index (χ4v) is 2.94. The SMILES string of the molecule is Cc1cc(C(=O)Nc2nc3ccccc3n2-c2ccccc2)n(C)n1. The van der Waals surface area contributed by atoms with Crippen molar-refractivity contribution in [3.05, 3.63) is 72.1 Å². The second kappa shape index (κ2) is 5.90. The summed E-state index contributed by atoms with van der Waals surface area (Å²) >= 11 is 0. The van der Waals surface area contributed by atoms with Crippen LogP contribution in [0.5, 0.6) is 0 Å². The summed E-state index contributed by atoms with van der Waals surface area (Å²) in [5.41, 5.74) is 3.98. The van der Waals surface area contributed by atoms with Crippen molar-refractivity contribution in [2.24, 2.45) is 7.05 Å². The second-order valence-electron chi connectivity index (χ2n) is 5.84. The van der Waals surface area contributed by atoms with E-state index in [2.05, 4.69) is 15.4 Å². The molecule has 25 heavy (non-hydrogen) atoms. The highest BCUT2D eigenvalue weighted by molar-refractivity contribution is 6.03. The molecule has 1 amide bonds. The summed E-state index contributed by atoms with van der Waals surface area (Å²) in [6.07, 6.45) is 0. The van der Waals surface area contributed by atoms with Crippen LogP contribution in [-0.2, 0) is 7.05 Å². The highest BCUT2D eigenvalue weighted by Crippen LogP contribution is 2.24. The summed E-state index contributed by atoms with van der Waals surface area (Å²) < 4.78 is 3.51. The first-order valence-corrected chi connectivity index (χ1v) is 7.98. The summed E-state index contributed by atoms with van der Waals surface area (Å²) in [6.45, 7) is 1.86. The topological polar surface area (TPSA) is 64.7 Å². The molecule has 0 atom stereocenters. The molecule has 1 N–H and O–H groups in total. The van der Waals surface area contributed by atoms with E-state index in [0.717, 1.165) is 22.4 Å². The van der Waals surface area contributed by atoms with E-state index < -0.39 is 0 Å². The number of aryl methyl sites for hydroxylation is 2. The van der Waals surface area contributed by atoms with Crippen LogP contribution in [0, 0.1) is 6.92 Å². The number of hydrogen-bond acceptors (Lipinski definition) is 3. The van der Waals surface area contributed by atoms with Crippen molar-refractivity contribution >= 4 is 22.9 Å². The van der Waals surface area contributed by atoms with Crippen LogP contribution in [0.25, 0.3) is 16.7 Å². The Balaban J connectivity index is 1.82. The summed E-state index contributed by atoms with van der Waals surface area (Å²) in [4.78, 5) is 17.3. The molecule has 2 aromatic carbocycles. The van der Waals surface area contributed by atoms with E-state index in [1.165, 1.54) is 0 Å². The number of nitrogens with one attached hydrogen (secondary N) is 1. The third kappa shape index (κ3) is 2.67. The van der Waals surface area contributed by atoms with Crippen molar-refractivity contribution in [1.29, 1.82) is 0 Å². The van der Waals surface area contributed by atoms with Crippen LogP contribution in [0.15, 0.2) is 60.7 Å². The minimum absolute atomic E-state index is 0.240. The van der Waals surface area contributed by atoms with E-state index in [1.54, 1.807) is 17.8 Å². The number of rotatable bonds is 3. The smallest absolute Gasteiger partial charge is 0.276 e. The van der Waals surface area contributed by atoms with Crippen molar-refractivity contribution in [3.63, 3.8) is 0 Å². The normalized spacial score (nSPS) is 11.0. The van der Waals surface area contributed by atoms with E-state index in [0.29, 0.717) is 11.6 Å². The third-order valence-electron chi connectivity index (χ3n) is 4.04. The molecule has 6 heteroatoms. The molecule has 0 aliphatic rings. The van der Waals surface area contributed by atoms with Crippen molar-refractivity contribution < 1.29 is 4.79 Å². The molecule has 2 aromatic heterocycles. The molecule has 2 heterocycles. The van der Waals surface area contributed by atoms with E-state index in [1.807, 2.05) is 66.1 Å². The van der Waals surface area contributed by atoms with Gasteiger partial charge >= 0.3 is 0 Å². The van der Waals surface area contributed by atoms with Crippen LogP contribution < -0.4 is 5.32 Å². The predicted molar refractivity (Wildman–Crippen MR) is 97.0 cm³/mol.